The molecule has 0 radical (unpaired) electrons. The number of aromatic nitrogens is 2. The molecule has 2 aromatic rings. The second-order valence-corrected chi connectivity index (χ2v) is 4.66. The molecule has 0 amide bonds. The second-order valence-electron chi connectivity index (χ2n) is 4.66. The quantitative estimate of drug-likeness (QED) is 0.911. The SMILES string of the molecule is CCCc1c(-c2ccc(OC)c(OC)c2)nn(C)c1N. The molecule has 20 heavy (non-hydrogen) atoms. The molecule has 0 aliphatic carbocycles. The average Bonchev–Trinajstić information content (AvgIpc) is 2.75. The Morgan fingerprint density at radius 2 is 1.90 bits per heavy atom. The third kappa shape index (κ3) is 2.43. The molecule has 0 unspecified atom stereocenters. The summed E-state index contributed by atoms with van der Waals surface area (Å²) in [6, 6.07) is 5.79. The number of nitrogens with two attached hydrogens (primary N) is 1. The van der Waals surface area contributed by atoms with Crippen LogP contribution in [0.2, 0.25) is 0 Å². The molecule has 5 heteroatoms. The van der Waals surface area contributed by atoms with Gasteiger partial charge in [-0.05, 0) is 24.6 Å². The number of benzene rings is 1. The predicted molar refractivity (Wildman–Crippen MR) is 80.2 cm³/mol. The molecule has 0 saturated heterocycles. The van der Waals surface area contributed by atoms with Crippen LogP contribution < -0.4 is 15.2 Å². The molecule has 2 N–H and O–H groups in total. The van der Waals surface area contributed by atoms with E-state index in [1.807, 2.05) is 25.2 Å². The van der Waals surface area contributed by atoms with Crippen molar-refractivity contribution < 1.29 is 9.47 Å². The Balaban J connectivity index is 2.53. The summed E-state index contributed by atoms with van der Waals surface area (Å²) in [6.45, 7) is 2.13. The maximum Gasteiger partial charge on any atom is 0.161 e. The van der Waals surface area contributed by atoms with Gasteiger partial charge in [0.2, 0.25) is 0 Å². The van der Waals surface area contributed by atoms with Gasteiger partial charge in [-0.15, -0.1) is 0 Å². The fraction of sp³-hybridized carbons (Fsp3) is 0.400. The van der Waals surface area contributed by atoms with Crippen LogP contribution in [0.5, 0.6) is 11.5 Å². The van der Waals surface area contributed by atoms with E-state index in [1.54, 1.807) is 18.9 Å². The molecule has 0 spiro atoms. The minimum atomic E-state index is 0.691. The Labute approximate surface area is 119 Å². The Bertz CT molecular complexity index is 605. The zero-order chi connectivity index (χ0) is 14.7. The average molecular weight is 275 g/mol. The van der Waals surface area contributed by atoms with Crippen LogP contribution in [0.4, 0.5) is 5.82 Å². The first kappa shape index (κ1) is 14.2. The molecule has 1 aromatic heterocycles. The molecular weight excluding hydrogens is 254 g/mol. The maximum atomic E-state index is 6.10. The first-order valence-corrected chi connectivity index (χ1v) is 6.66. The van der Waals surface area contributed by atoms with E-state index in [1.165, 1.54) is 0 Å². The van der Waals surface area contributed by atoms with Gasteiger partial charge in [-0.2, -0.15) is 5.10 Å². The minimum absolute atomic E-state index is 0.691. The number of hydrogen-bond donors (Lipinski definition) is 1. The molecule has 1 heterocycles. The van der Waals surface area contributed by atoms with E-state index in [-0.39, 0.29) is 0 Å². The summed E-state index contributed by atoms with van der Waals surface area (Å²) in [5.74, 6) is 2.12. The first-order chi connectivity index (χ1) is 9.62. The Morgan fingerprint density at radius 1 is 1.20 bits per heavy atom. The van der Waals surface area contributed by atoms with E-state index in [0.717, 1.165) is 35.5 Å². The summed E-state index contributed by atoms with van der Waals surface area (Å²) in [4.78, 5) is 0. The summed E-state index contributed by atoms with van der Waals surface area (Å²) >= 11 is 0. The zero-order valence-corrected chi connectivity index (χ0v) is 12.4. The van der Waals surface area contributed by atoms with Gasteiger partial charge in [0, 0.05) is 18.2 Å². The van der Waals surface area contributed by atoms with E-state index in [0.29, 0.717) is 11.5 Å². The summed E-state index contributed by atoms with van der Waals surface area (Å²) in [5, 5.41) is 4.53. The molecule has 1 aromatic carbocycles. The number of methoxy groups -OCH3 is 2. The molecule has 0 atom stereocenters. The molecule has 0 fully saturated rings. The standard InChI is InChI=1S/C15H21N3O2/c1-5-6-11-14(17-18(2)15(11)16)10-7-8-12(19-3)13(9-10)20-4/h7-9H,5-6,16H2,1-4H3. The lowest BCUT2D eigenvalue weighted by Gasteiger charge is -2.09. The Hall–Kier alpha value is -2.17. The first-order valence-electron chi connectivity index (χ1n) is 6.66. The van der Waals surface area contributed by atoms with Crippen molar-refractivity contribution in [2.24, 2.45) is 7.05 Å². The molecule has 0 aliphatic heterocycles. The Morgan fingerprint density at radius 3 is 2.50 bits per heavy atom. The fourth-order valence-corrected chi connectivity index (χ4v) is 2.29. The van der Waals surface area contributed by atoms with Gasteiger partial charge in [0.25, 0.3) is 0 Å². The molecule has 0 bridgehead atoms. The van der Waals surface area contributed by atoms with Gasteiger partial charge in [0.1, 0.15) is 5.82 Å². The van der Waals surface area contributed by atoms with Crippen molar-refractivity contribution in [1.82, 2.24) is 9.78 Å². The van der Waals surface area contributed by atoms with Crippen LogP contribution in [0.3, 0.4) is 0 Å². The molecule has 0 saturated carbocycles. The third-order valence-corrected chi connectivity index (χ3v) is 3.35. The number of ether oxygens (including phenoxy) is 2. The Kier molecular flexibility index (Phi) is 4.17. The van der Waals surface area contributed by atoms with E-state index < -0.39 is 0 Å². The highest BCUT2D eigenvalue weighted by Crippen LogP contribution is 2.34. The number of anilines is 1. The highest BCUT2D eigenvalue weighted by Gasteiger charge is 2.16. The maximum absolute atomic E-state index is 6.10. The molecule has 5 nitrogen and oxygen atoms in total. The minimum Gasteiger partial charge on any atom is -0.493 e. The van der Waals surface area contributed by atoms with Crippen molar-refractivity contribution >= 4 is 5.82 Å². The lowest BCUT2D eigenvalue weighted by Crippen LogP contribution is -1.99. The highest BCUT2D eigenvalue weighted by atomic mass is 16.5. The van der Waals surface area contributed by atoms with Crippen LogP contribution in [0.25, 0.3) is 11.3 Å². The van der Waals surface area contributed by atoms with Gasteiger partial charge in [-0.1, -0.05) is 13.3 Å². The fourth-order valence-electron chi connectivity index (χ4n) is 2.29. The van der Waals surface area contributed by atoms with Crippen molar-refractivity contribution in [3.8, 4) is 22.8 Å². The van der Waals surface area contributed by atoms with Gasteiger partial charge in [0.05, 0.1) is 19.9 Å². The normalized spacial score (nSPS) is 10.6. The largest absolute Gasteiger partial charge is 0.493 e. The topological polar surface area (TPSA) is 62.3 Å². The highest BCUT2D eigenvalue weighted by molar-refractivity contribution is 5.71. The molecule has 2 rings (SSSR count). The van der Waals surface area contributed by atoms with Crippen LogP contribution in [0.1, 0.15) is 18.9 Å². The van der Waals surface area contributed by atoms with Crippen LogP contribution in [-0.2, 0) is 13.5 Å². The van der Waals surface area contributed by atoms with Crippen molar-refractivity contribution in [2.45, 2.75) is 19.8 Å². The van der Waals surface area contributed by atoms with Gasteiger partial charge < -0.3 is 15.2 Å². The summed E-state index contributed by atoms with van der Waals surface area (Å²) in [6.07, 6.45) is 1.93. The van der Waals surface area contributed by atoms with Crippen molar-refractivity contribution in [1.29, 1.82) is 0 Å². The monoisotopic (exact) mass is 275 g/mol. The van der Waals surface area contributed by atoms with E-state index in [9.17, 15) is 0 Å². The van der Waals surface area contributed by atoms with E-state index in [2.05, 4.69) is 12.0 Å². The van der Waals surface area contributed by atoms with Crippen molar-refractivity contribution in [3.63, 3.8) is 0 Å². The number of rotatable bonds is 5. The van der Waals surface area contributed by atoms with Crippen molar-refractivity contribution in [2.75, 3.05) is 20.0 Å². The van der Waals surface area contributed by atoms with Gasteiger partial charge in [-0.3, -0.25) is 4.68 Å². The molecular formula is C15H21N3O2. The lowest BCUT2D eigenvalue weighted by molar-refractivity contribution is 0.355. The van der Waals surface area contributed by atoms with Crippen LogP contribution in [-0.4, -0.2) is 24.0 Å². The smallest absolute Gasteiger partial charge is 0.161 e. The second kappa shape index (κ2) is 5.86. The summed E-state index contributed by atoms with van der Waals surface area (Å²) < 4.78 is 12.3. The van der Waals surface area contributed by atoms with Crippen LogP contribution >= 0.6 is 0 Å². The number of nitrogen functional groups attached to an aromatic ring is 1. The van der Waals surface area contributed by atoms with E-state index in [4.69, 9.17) is 15.2 Å². The van der Waals surface area contributed by atoms with Crippen LogP contribution in [0, 0.1) is 0 Å². The zero-order valence-electron chi connectivity index (χ0n) is 12.4. The summed E-state index contributed by atoms with van der Waals surface area (Å²) in [7, 11) is 5.11. The number of hydrogen-bond acceptors (Lipinski definition) is 4. The van der Waals surface area contributed by atoms with Crippen LogP contribution in [0.15, 0.2) is 18.2 Å². The lowest BCUT2D eigenvalue weighted by atomic mass is 10.0. The molecule has 0 aliphatic rings. The third-order valence-electron chi connectivity index (χ3n) is 3.35. The summed E-state index contributed by atoms with van der Waals surface area (Å²) in [5.41, 5.74) is 9.08. The van der Waals surface area contributed by atoms with Gasteiger partial charge in [0.15, 0.2) is 11.5 Å². The predicted octanol–water partition coefficient (Wildman–Crippen LogP) is 2.64. The van der Waals surface area contributed by atoms with Crippen molar-refractivity contribution in [3.05, 3.63) is 23.8 Å². The molecule has 108 valence electrons. The van der Waals surface area contributed by atoms with Gasteiger partial charge >= 0.3 is 0 Å². The number of nitrogens with zero attached hydrogens (tertiary/aromatic N) is 2. The van der Waals surface area contributed by atoms with Gasteiger partial charge in [-0.25, -0.2) is 0 Å². The number of aryl methyl sites for hydroxylation is 1. The van der Waals surface area contributed by atoms with E-state index >= 15 is 0 Å².